The lowest BCUT2D eigenvalue weighted by molar-refractivity contribution is 0.0730. The average molecular weight is 429 g/mol. The number of hydrazine groups is 1. The molecule has 2 aliphatic heterocycles. The second-order valence-electron chi connectivity index (χ2n) is 6.47. The highest BCUT2D eigenvalue weighted by atomic mass is 32.2. The average Bonchev–Trinajstić information content (AvgIpc) is 3.25. The fraction of sp³-hybridized carbons (Fsp3) is 0.529. The Balaban J connectivity index is 1.55. The van der Waals surface area contributed by atoms with Crippen LogP contribution in [0.2, 0.25) is 0 Å². The molecule has 0 saturated carbocycles. The molecule has 1 atom stereocenters. The van der Waals surface area contributed by atoms with E-state index in [2.05, 4.69) is 16.2 Å². The van der Waals surface area contributed by atoms with Gasteiger partial charge < -0.3 is 14.8 Å². The van der Waals surface area contributed by atoms with Crippen molar-refractivity contribution in [1.82, 2.24) is 20.5 Å². The van der Waals surface area contributed by atoms with Gasteiger partial charge in [-0.25, -0.2) is 8.42 Å². The number of rotatable bonds is 5. The number of carbonyl (C=O) groups is 1. The van der Waals surface area contributed by atoms with Gasteiger partial charge in [0.2, 0.25) is 10.0 Å². The van der Waals surface area contributed by atoms with Gasteiger partial charge in [0, 0.05) is 31.8 Å². The van der Waals surface area contributed by atoms with E-state index in [-0.39, 0.29) is 21.7 Å². The molecule has 0 spiro atoms. The molecule has 3 rings (SSSR count). The summed E-state index contributed by atoms with van der Waals surface area (Å²) in [5.41, 5.74) is 5.30. The van der Waals surface area contributed by atoms with E-state index in [0.717, 1.165) is 19.4 Å². The summed E-state index contributed by atoms with van der Waals surface area (Å²) in [6, 6.07) is 5.90. The van der Waals surface area contributed by atoms with Crippen molar-refractivity contribution in [3.63, 3.8) is 0 Å². The third-order valence-corrected chi connectivity index (χ3v) is 6.65. The van der Waals surface area contributed by atoms with Crippen LogP contribution in [0, 0.1) is 0 Å². The molecule has 3 N–H and O–H groups in total. The fourth-order valence-corrected chi connectivity index (χ4v) is 4.56. The molecule has 0 aliphatic carbocycles. The van der Waals surface area contributed by atoms with E-state index in [1.807, 2.05) is 0 Å². The van der Waals surface area contributed by atoms with Crippen LogP contribution in [0.3, 0.4) is 0 Å². The molecular weight excluding hydrogens is 404 g/mol. The van der Waals surface area contributed by atoms with Gasteiger partial charge in [-0.15, -0.1) is 0 Å². The van der Waals surface area contributed by atoms with Crippen molar-refractivity contribution in [2.75, 3.05) is 39.5 Å². The smallest absolute Gasteiger partial charge is 0.269 e. The summed E-state index contributed by atoms with van der Waals surface area (Å²) in [5.74, 6) is -0.486. The summed E-state index contributed by atoms with van der Waals surface area (Å²) in [6.45, 7) is 2.64. The van der Waals surface area contributed by atoms with E-state index in [0.29, 0.717) is 32.8 Å². The third-order valence-electron chi connectivity index (χ3n) is 4.51. The van der Waals surface area contributed by atoms with Gasteiger partial charge in [0.25, 0.3) is 5.91 Å². The highest BCUT2D eigenvalue weighted by Crippen LogP contribution is 2.18. The van der Waals surface area contributed by atoms with Crippen LogP contribution < -0.4 is 16.2 Å². The zero-order valence-corrected chi connectivity index (χ0v) is 17.0. The molecule has 0 aromatic heterocycles. The van der Waals surface area contributed by atoms with Crippen molar-refractivity contribution in [2.45, 2.75) is 23.8 Å². The second-order valence-corrected chi connectivity index (χ2v) is 8.81. The summed E-state index contributed by atoms with van der Waals surface area (Å²) in [6.07, 6.45) is 2.14. The summed E-state index contributed by atoms with van der Waals surface area (Å²) in [7, 11) is -3.67. The summed E-state index contributed by atoms with van der Waals surface area (Å²) in [5, 5.41) is 3.24. The number of hydrogen-bond acceptors (Lipinski definition) is 6. The van der Waals surface area contributed by atoms with Gasteiger partial charge in [-0.3, -0.25) is 15.6 Å². The Bertz CT molecular complexity index is 806. The lowest BCUT2D eigenvalue weighted by Gasteiger charge is -2.26. The minimum Gasteiger partial charge on any atom is -0.379 e. The maximum absolute atomic E-state index is 12.7. The number of nitrogens with one attached hydrogen (secondary N) is 3. The quantitative estimate of drug-likeness (QED) is 0.444. The van der Waals surface area contributed by atoms with E-state index < -0.39 is 15.9 Å². The summed E-state index contributed by atoms with van der Waals surface area (Å²) < 4.78 is 37.5. The van der Waals surface area contributed by atoms with E-state index in [1.54, 1.807) is 0 Å². The highest BCUT2D eigenvalue weighted by Gasteiger charge is 2.26. The normalized spacial score (nSPS) is 20.5. The number of morpholine rings is 1. The van der Waals surface area contributed by atoms with Gasteiger partial charge in [-0.05, 0) is 43.3 Å². The van der Waals surface area contributed by atoms with E-state index >= 15 is 0 Å². The maximum atomic E-state index is 12.7. The Kier molecular flexibility index (Phi) is 7.18. The van der Waals surface area contributed by atoms with Gasteiger partial charge in [-0.2, -0.15) is 4.31 Å². The molecule has 2 fully saturated rings. The monoisotopic (exact) mass is 428 g/mol. The molecule has 2 aliphatic rings. The molecule has 2 saturated heterocycles. The van der Waals surface area contributed by atoms with Crippen molar-refractivity contribution < 1.29 is 22.7 Å². The number of thiocarbonyl (C=S) groups is 1. The van der Waals surface area contributed by atoms with Gasteiger partial charge >= 0.3 is 0 Å². The van der Waals surface area contributed by atoms with E-state index in [9.17, 15) is 13.2 Å². The summed E-state index contributed by atoms with van der Waals surface area (Å²) in [4.78, 5) is 12.4. The fourth-order valence-electron chi connectivity index (χ4n) is 2.98. The number of nitrogens with zero attached hydrogens (tertiary/aromatic N) is 1. The van der Waals surface area contributed by atoms with Gasteiger partial charge in [0.1, 0.15) is 0 Å². The van der Waals surface area contributed by atoms with Crippen LogP contribution in [0.5, 0.6) is 0 Å². The van der Waals surface area contributed by atoms with Gasteiger partial charge in [0.05, 0.1) is 24.2 Å². The van der Waals surface area contributed by atoms with Crippen LogP contribution in [-0.2, 0) is 19.5 Å². The third kappa shape index (κ3) is 5.39. The van der Waals surface area contributed by atoms with Gasteiger partial charge in [-0.1, -0.05) is 6.07 Å². The molecular formula is C17H24N4O5S2. The number of sulfonamides is 1. The lowest BCUT2D eigenvalue weighted by atomic mass is 10.2. The van der Waals surface area contributed by atoms with Gasteiger partial charge in [0.15, 0.2) is 5.11 Å². The molecule has 28 heavy (non-hydrogen) atoms. The minimum atomic E-state index is -3.67. The molecule has 0 bridgehead atoms. The van der Waals surface area contributed by atoms with Crippen LogP contribution in [0.4, 0.5) is 0 Å². The van der Waals surface area contributed by atoms with Crippen LogP contribution in [0.1, 0.15) is 23.2 Å². The van der Waals surface area contributed by atoms with Crippen molar-refractivity contribution >= 4 is 33.3 Å². The molecule has 9 nitrogen and oxygen atoms in total. The van der Waals surface area contributed by atoms with Crippen LogP contribution >= 0.6 is 12.2 Å². The molecule has 0 radical (unpaired) electrons. The first-order valence-electron chi connectivity index (χ1n) is 9.10. The Morgan fingerprint density at radius 1 is 1.21 bits per heavy atom. The minimum absolute atomic E-state index is 0.0705. The first kappa shape index (κ1) is 20.9. The van der Waals surface area contributed by atoms with Crippen molar-refractivity contribution in [1.29, 1.82) is 0 Å². The zero-order chi connectivity index (χ0) is 20.0. The zero-order valence-electron chi connectivity index (χ0n) is 15.3. The van der Waals surface area contributed by atoms with Crippen LogP contribution in [0.15, 0.2) is 29.2 Å². The maximum Gasteiger partial charge on any atom is 0.269 e. The predicted molar refractivity (Wildman–Crippen MR) is 106 cm³/mol. The van der Waals surface area contributed by atoms with Crippen LogP contribution in [0.25, 0.3) is 0 Å². The number of amides is 1. The molecule has 1 aromatic carbocycles. The van der Waals surface area contributed by atoms with Crippen LogP contribution in [-0.4, -0.2) is 69.3 Å². The van der Waals surface area contributed by atoms with E-state index in [1.165, 1.54) is 28.6 Å². The Hall–Kier alpha value is -1.79. The van der Waals surface area contributed by atoms with Crippen molar-refractivity contribution in [3.05, 3.63) is 29.8 Å². The van der Waals surface area contributed by atoms with Crippen molar-refractivity contribution in [2.24, 2.45) is 0 Å². The summed E-state index contributed by atoms with van der Waals surface area (Å²) >= 11 is 5.12. The Morgan fingerprint density at radius 3 is 2.71 bits per heavy atom. The first-order chi connectivity index (χ1) is 13.5. The Labute approximate surface area is 169 Å². The number of benzene rings is 1. The highest BCUT2D eigenvalue weighted by molar-refractivity contribution is 7.89. The number of carbonyl (C=O) groups excluding carboxylic acids is 1. The second kappa shape index (κ2) is 9.61. The molecule has 11 heteroatoms. The largest absolute Gasteiger partial charge is 0.379 e. The molecule has 154 valence electrons. The molecule has 2 heterocycles. The molecule has 0 unspecified atom stereocenters. The topological polar surface area (TPSA) is 109 Å². The Morgan fingerprint density at radius 2 is 2.00 bits per heavy atom. The van der Waals surface area contributed by atoms with Crippen molar-refractivity contribution in [3.8, 4) is 0 Å². The molecule has 1 aromatic rings. The predicted octanol–water partition coefficient (Wildman–Crippen LogP) is -0.00460. The SMILES string of the molecule is O=C(NNC(=S)NC[C@H]1CCCO1)c1cccc(S(=O)(=O)N2CCOCC2)c1. The molecule has 1 amide bonds. The number of hydrogen-bond donors (Lipinski definition) is 3. The van der Waals surface area contributed by atoms with E-state index in [4.69, 9.17) is 21.7 Å². The number of ether oxygens (including phenoxy) is 2. The standard InChI is InChI=1S/C17H24N4O5S2/c22-16(19-20-17(27)18-12-14-4-2-8-26-14)13-3-1-5-15(11-13)28(23,24)21-6-9-25-10-7-21/h1,3,5,11,14H,2,4,6-10,12H2,(H,19,22)(H2,18,20,27)/t14-/m1/s1. The first-order valence-corrected chi connectivity index (χ1v) is 11.0. The lowest BCUT2D eigenvalue weighted by Crippen LogP contribution is -2.48.